The Morgan fingerprint density at radius 2 is 1.85 bits per heavy atom. The summed E-state index contributed by atoms with van der Waals surface area (Å²) in [5.41, 5.74) is 2.79. The standard InChI is InChI=1S/C26H21ClFNO4S/c1-16-6-3-4-7-18(16)14-29-25(30)24(34-26(29)31)13-17-10-11-22(32-2)23(12-17)33-15-19-20(27)8-5-9-21(19)28/h3-13H,14-15H2,1-2H3/b24-13-. The zero-order valence-electron chi connectivity index (χ0n) is 18.5. The Kier molecular flexibility index (Phi) is 7.24. The van der Waals surface area contributed by atoms with Crippen LogP contribution in [0, 0.1) is 12.7 Å². The van der Waals surface area contributed by atoms with Crippen LogP contribution in [0.5, 0.6) is 11.5 Å². The van der Waals surface area contributed by atoms with Crippen LogP contribution in [0.25, 0.3) is 6.08 Å². The molecule has 3 aromatic rings. The second kappa shape index (κ2) is 10.3. The highest BCUT2D eigenvalue weighted by molar-refractivity contribution is 8.18. The third kappa shape index (κ3) is 5.11. The van der Waals surface area contributed by atoms with E-state index in [9.17, 15) is 14.0 Å². The van der Waals surface area contributed by atoms with Crippen molar-refractivity contribution in [2.45, 2.75) is 20.1 Å². The summed E-state index contributed by atoms with van der Waals surface area (Å²) in [7, 11) is 1.49. The summed E-state index contributed by atoms with van der Waals surface area (Å²) >= 11 is 6.98. The lowest BCUT2D eigenvalue weighted by molar-refractivity contribution is -0.123. The maximum absolute atomic E-state index is 14.1. The summed E-state index contributed by atoms with van der Waals surface area (Å²) in [6, 6.07) is 17.2. The number of methoxy groups -OCH3 is 1. The Balaban J connectivity index is 1.55. The molecular formula is C26H21ClFNO4S. The lowest BCUT2D eigenvalue weighted by Crippen LogP contribution is -2.27. The maximum atomic E-state index is 14.1. The molecule has 1 aliphatic rings. The number of nitrogens with zero attached hydrogens (tertiary/aromatic N) is 1. The van der Waals surface area contributed by atoms with E-state index in [1.54, 1.807) is 30.3 Å². The van der Waals surface area contributed by atoms with Gasteiger partial charge in [-0.15, -0.1) is 0 Å². The van der Waals surface area contributed by atoms with Crippen LogP contribution < -0.4 is 9.47 Å². The highest BCUT2D eigenvalue weighted by Crippen LogP contribution is 2.36. The Bertz CT molecular complexity index is 1270. The van der Waals surface area contributed by atoms with E-state index in [2.05, 4.69) is 0 Å². The summed E-state index contributed by atoms with van der Waals surface area (Å²) < 4.78 is 25.2. The van der Waals surface area contributed by atoms with Crippen LogP contribution in [0.15, 0.2) is 65.6 Å². The molecule has 1 heterocycles. The maximum Gasteiger partial charge on any atom is 0.293 e. The molecule has 174 valence electrons. The van der Waals surface area contributed by atoms with Crippen molar-refractivity contribution in [3.8, 4) is 11.5 Å². The molecule has 1 saturated heterocycles. The number of hydrogen-bond acceptors (Lipinski definition) is 5. The van der Waals surface area contributed by atoms with Gasteiger partial charge in [-0.05, 0) is 65.7 Å². The first-order chi connectivity index (χ1) is 16.4. The molecule has 0 N–H and O–H groups in total. The number of thioether (sulfide) groups is 1. The molecule has 0 unspecified atom stereocenters. The highest BCUT2D eigenvalue weighted by Gasteiger charge is 2.35. The minimum atomic E-state index is -0.468. The SMILES string of the molecule is COc1ccc(/C=C2\SC(=O)N(Cc3ccccc3C)C2=O)cc1OCc1c(F)cccc1Cl. The number of hydrogen-bond donors (Lipinski definition) is 0. The van der Waals surface area contributed by atoms with E-state index in [-0.39, 0.29) is 34.9 Å². The van der Waals surface area contributed by atoms with Gasteiger partial charge in [-0.25, -0.2) is 4.39 Å². The predicted octanol–water partition coefficient (Wildman–Crippen LogP) is 6.61. The Morgan fingerprint density at radius 1 is 1.06 bits per heavy atom. The molecule has 0 spiro atoms. The van der Waals surface area contributed by atoms with Crippen molar-refractivity contribution in [3.63, 3.8) is 0 Å². The first kappa shape index (κ1) is 23.9. The van der Waals surface area contributed by atoms with E-state index in [1.807, 2.05) is 31.2 Å². The summed E-state index contributed by atoms with van der Waals surface area (Å²) in [6.45, 7) is 2.06. The molecular weight excluding hydrogens is 477 g/mol. The average Bonchev–Trinajstić information content (AvgIpc) is 3.07. The number of amides is 2. The quantitative estimate of drug-likeness (QED) is 0.344. The monoisotopic (exact) mass is 497 g/mol. The molecule has 4 rings (SSSR count). The number of halogens is 2. The fourth-order valence-corrected chi connectivity index (χ4v) is 4.52. The van der Waals surface area contributed by atoms with Crippen molar-refractivity contribution >= 4 is 40.6 Å². The van der Waals surface area contributed by atoms with Gasteiger partial charge in [-0.1, -0.05) is 48.0 Å². The van der Waals surface area contributed by atoms with Crippen LogP contribution >= 0.6 is 23.4 Å². The van der Waals surface area contributed by atoms with Crippen LogP contribution in [0.1, 0.15) is 22.3 Å². The summed E-state index contributed by atoms with van der Waals surface area (Å²) in [5, 5.41) is -0.0591. The zero-order chi connectivity index (χ0) is 24.2. The zero-order valence-corrected chi connectivity index (χ0v) is 20.1. The van der Waals surface area contributed by atoms with E-state index in [1.165, 1.54) is 24.1 Å². The summed E-state index contributed by atoms with van der Waals surface area (Å²) in [4.78, 5) is 27.0. The smallest absolute Gasteiger partial charge is 0.293 e. The van der Waals surface area contributed by atoms with Gasteiger partial charge in [0.15, 0.2) is 11.5 Å². The van der Waals surface area contributed by atoms with Gasteiger partial charge in [0.2, 0.25) is 0 Å². The van der Waals surface area contributed by atoms with Crippen LogP contribution in [0.4, 0.5) is 9.18 Å². The highest BCUT2D eigenvalue weighted by atomic mass is 35.5. The number of benzene rings is 3. The van der Waals surface area contributed by atoms with Gasteiger partial charge in [-0.3, -0.25) is 14.5 Å². The van der Waals surface area contributed by atoms with Gasteiger partial charge in [0.25, 0.3) is 11.1 Å². The van der Waals surface area contributed by atoms with Crippen molar-refractivity contribution in [3.05, 3.63) is 98.7 Å². The van der Waals surface area contributed by atoms with Gasteiger partial charge in [0.05, 0.1) is 23.6 Å². The summed E-state index contributed by atoms with van der Waals surface area (Å²) in [5.74, 6) is -0.0217. The first-order valence-electron chi connectivity index (χ1n) is 10.4. The van der Waals surface area contributed by atoms with Crippen LogP contribution in [-0.4, -0.2) is 23.2 Å². The summed E-state index contributed by atoms with van der Waals surface area (Å²) in [6.07, 6.45) is 1.63. The second-order valence-corrected chi connectivity index (χ2v) is 8.99. The van der Waals surface area contributed by atoms with Crippen molar-refractivity contribution in [2.24, 2.45) is 0 Å². The molecule has 0 bridgehead atoms. The minimum absolute atomic E-state index is 0.0989. The number of imide groups is 1. The van der Waals surface area contributed by atoms with Gasteiger partial charge in [0, 0.05) is 5.56 Å². The van der Waals surface area contributed by atoms with Crippen molar-refractivity contribution in [2.75, 3.05) is 7.11 Å². The molecule has 0 radical (unpaired) electrons. The topological polar surface area (TPSA) is 55.8 Å². The third-order valence-corrected chi connectivity index (χ3v) is 6.64. The lowest BCUT2D eigenvalue weighted by atomic mass is 10.1. The predicted molar refractivity (Wildman–Crippen MR) is 131 cm³/mol. The van der Waals surface area contributed by atoms with Gasteiger partial charge in [0.1, 0.15) is 12.4 Å². The number of carbonyl (C=O) groups is 2. The molecule has 2 amide bonds. The fraction of sp³-hybridized carbons (Fsp3) is 0.154. The number of rotatable bonds is 7. The molecule has 0 saturated carbocycles. The minimum Gasteiger partial charge on any atom is -0.493 e. The number of aryl methyl sites for hydroxylation is 1. The Morgan fingerprint density at radius 3 is 2.59 bits per heavy atom. The molecule has 0 atom stereocenters. The van der Waals surface area contributed by atoms with Crippen molar-refractivity contribution in [1.29, 1.82) is 0 Å². The Hall–Kier alpha value is -3.29. The fourth-order valence-electron chi connectivity index (χ4n) is 3.46. The van der Waals surface area contributed by atoms with E-state index in [0.29, 0.717) is 22.0 Å². The van der Waals surface area contributed by atoms with E-state index < -0.39 is 5.82 Å². The molecule has 0 aromatic heterocycles. The van der Waals surface area contributed by atoms with Crippen molar-refractivity contribution < 1.29 is 23.5 Å². The van der Waals surface area contributed by atoms with Crippen molar-refractivity contribution in [1.82, 2.24) is 4.90 Å². The van der Waals surface area contributed by atoms with Crippen LogP contribution in [0.3, 0.4) is 0 Å². The normalized spacial score (nSPS) is 14.7. The lowest BCUT2D eigenvalue weighted by Gasteiger charge is -2.14. The van der Waals surface area contributed by atoms with Gasteiger partial charge >= 0.3 is 0 Å². The Labute approximate surface area is 206 Å². The second-order valence-electron chi connectivity index (χ2n) is 7.59. The molecule has 8 heteroatoms. The molecule has 34 heavy (non-hydrogen) atoms. The number of ether oxygens (including phenoxy) is 2. The first-order valence-corrected chi connectivity index (χ1v) is 11.6. The third-order valence-electron chi connectivity index (χ3n) is 5.38. The van der Waals surface area contributed by atoms with Crippen LogP contribution in [0.2, 0.25) is 5.02 Å². The van der Waals surface area contributed by atoms with E-state index in [4.69, 9.17) is 21.1 Å². The van der Waals surface area contributed by atoms with Gasteiger partial charge < -0.3 is 9.47 Å². The number of carbonyl (C=O) groups excluding carboxylic acids is 2. The molecule has 3 aromatic carbocycles. The molecule has 5 nitrogen and oxygen atoms in total. The molecule has 1 fully saturated rings. The van der Waals surface area contributed by atoms with E-state index in [0.717, 1.165) is 22.9 Å². The molecule has 1 aliphatic heterocycles. The van der Waals surface area contributed by atoms with Crippen LogP contribution in [-0.2, 0) is 17.9 Å². The molecule has 0 aliphatic carbocycles. The largest absolute Gasteiger partial charge is 0.493 e. The van der Waals surface area contributed by atoms with Gasteiger partial charge in [-0.2, -0.15) is 0 Å². The van der Waals surface area contributed by atoms with E-state index >= 15 is 0 Å². The average molecular weight is 498 g/mol.